The molecule has 1 atom stereocenters. The van der Waals surface area contributed by atoms with Crippen LogP contribution < -0.4 is 5.32 Å². The summed E-state index contributed by atoms with van der Waals surface area (Å²) in [5.41, 5.74) is 3.25. The van der Waals surface area contributed by atoms with Crippen LogP contribution in [0.3, 0.4) is 0 Å². The Kier molecular flexibility index (Phi) is 4.57. The Bertz CT molecular complexity index is 342. The molecule has 0 aliphatic heterocycles. The highest BCUT2D eigenvalue weighted by Crippen LogP contribution is 2.27. The van der Waals surface area contributed by atoms with Gasteiger partial charge in [0.05, 0.1) is 12.7 Å². The van der Waals surface area contributed by atoms with E-state index >= 15 is 0 Å². The van der Waals surface area contributed by atoms with Gasteiger partial charge in [0.15, 0.2) is 0 Å². The number of aryl methyl sites for hydroxylation is 1. The fourth-order valence-electron chi connectivity index (χ4n) is 1.38. The molecule has 3 N–H and O–H groups in total. The van der Waals surface area contributed by atoms with Gasteiger partial charge in [0.2, 0.25) is 0 Å². The van der Waals surface area contributed by atoms with E-state index in [0.717, 1.165) is 21.3 Å². The van der Waals surface area contributed by atoms with Crippen molar-refractivity contribution in [1.82, 2.24) is 0 Å². The fourth-order valence-corrected chi connectivity index (χ4v) is 1.71. The molecule has 4 heteroatoms. The molecule has 3 nitrogen and oxygen atoms in total. The van der Waals surface area contributed by atoms with Crippen molar-refractivity contribution in [2.24, 2.45) is 0 Å². The lowest BCUT2D eigenvalue weighted by Crippen LogP contribution is -2.23. The zero-order valence-electron chi connectivity index (χ0n) is 8.92. The molecule has 0 heterocycles. The summed E-state index contributed by atoms with van der Waals surface area (Å²) in [6, 6.07) is 4.00. The molecule has 0 bridgehead atoms. The van der Waals surface area contributed by atoms with Crippen molar-refractivity contribution < 1.29 is 10.2 Å². The smallest absolute Gasteiger partial charge is 0.0942 e. The van der Waals surface area contributed by atoms with E-state index in [-0.39, 0.29) is 6.61 Å². The Hall–Kier alpha value is -0.580. The number of nitrogens with one attached hydrogen (secondary N) is 1. The van der Waals surface area contributed by atoms with E-state index in [1.807, 2.05) is 26.0 Å². The zero-order chi connectivity index (χ0) is 11.4. The van der Waals surface area contributed by atoms with E-state index in [2.05, 4.69) is 21.2 Å². The predicted octanol–water partition coefficient (Wildman–Crippen LogP) is 1.83. The summed E-state index contributed by atoms with van der Waals surface area (Å²) >= 11 is 3.45. The summed E-state index contributed by atoms with van der Waals surface area (Å²) in [7, 11) is 0. The molecule has 0 aliphatic carbocycles. The molecule has 84 valence electrons. The average molecular weight is 274 g/mol. The average Bonchev–Trinajstić information content (AvgIpc) is 2.23. The van der Waals surface area contributed by atoms with E-state index in [0.29, 0.717) is 6.54 Å². The van der Waals surface area contributed by atoms with Gasteiger partial charge in [-0.3, -0.25) is 0 Å². The van der Waals surface area contributed by atoms with Gasteiger partial charge in [-0.2, -0.15) is 0 Å². The molecule has 0 aromatic heterocycles. The molecular weight excluding hydrogens is 258 g/mol. The Labute approximate surface area is 98.3 Å². The SMILES string of the molecule is Cc1ccc(Br)c(C)c1NCC(O)CO. The lowest BCUT2D eigenvalue weighted by atomic mass is 10.1. The van der Waals surface area contributed by atoms with Crippen molar-refractivity contribution in [3.63, 3.8) is 0 Å². The maximum Gasteiger partial charge on any atom is 0.0942 e. The molecule has 0 amide bonds. The van der Waals surface area contributed by atoms with Crippen LogP contribution in [-0.2, 0) is 0 Å². The van der Waals surface area contributed by atoms with Crippen molar-refractivity contribution >= 4 is 21.6 Å². The second kappa shape index (κ2) is 5.49. The number of aliphatic hydroxyl groups is 2. The van der Waals surface area contributed by atoms with Crippen molar-refractivity contribution in [2.45, 2.75) is 20.0 Å². The first-order valence-electron chi connectivity index (χ1n) is 4.84. The lowest BCUT2D eigenvalue weighted by molar-refractivity contribution is 0.105. The first-order chi connectivity index (χ1) is 7.06. The molecule has 0 aliphatic rings. The van der Waals surface area contributed by atoms with Crippen molar-refractivity contribution in [3.8, 4) is 0 Å². The topological polar surface area (TPSA) is 52.5 Å². The van der Waals surface area contributed by atoms with Gasteiger partial charge in [0.25, 0.3) is 0 Å². The molecule has 0 spiro atoms. The predicted molar refractivity (Wildman–Crippen MR) is 65.2 cm³/mol. The largest absolute Gasteiger partial charge is 0.394 e. The maximum atomic E-state index is 9.25. The first kappa shape index (κ1) is 12.5. The number of hydrogen-bond acceptors (Lipinski definition) is 3. The minimum absolute atomic E-state index is 0.223. The lowest BCUT2D eigenvalue weighted by Gasteiger charge is -2.15. The van der Waals surface area contributed by atoms with E-state index in [1.54, 1.807) is 0 Å². The van der Waals surface area contributed by atoms with Crippen LogP contribution in [0.5, 0.6) is 0 Å². The quantitative estimate of drug-likeness (QED) is 0.785. The number of rotatable bonds is 4. The molecular formula is C11H16BrNO2. The van der Waals surface area contributed by atoms with Gasteiger partial charge in [-0.05, 0) is 31.0 Å². The van der Waals surface area contributed by atoms with Gasteiger partial charge in [-0.15, -0.1) is 0 Å². The highest BCUT2D eigenvalue weighted by molar-refractivity contribution is 9.10. The minimum Gasteiger partial charge on any atom is -0.394 e. The monoisotopic (exact) mass is 273 g/mol. The van der Waals surface area contributed by atoms with Crippen LogP contribution in [0.2, 0.25) is 0 Å². The van der Waals surface area contributed by atoms with Crippen LogP contribution in [0.1, 0.15) is 11.1 Å². The van der Waals surface area contributed by atoms with Crippen LogP contribution in [0, 0.1) is 13.8 Å². The molecule has 1 rings (SSSR count). The maximum absolute atomic E-state index is 9.25. The van der Waals surface area contributed by atoms with Crippen molar-refractivity contribution in [1.29, 1.82) is 0 Å². The third kappa shape index (κ3) is 3.19. The van der Waals surface area contributed by atoms with Gasteiger partial charge in [0, 0.05) is 16.7 Å². The van der Waals surface area contributed by atoms with Gasteiger partial charge in [-0.25, -0.2) is 0 Å². The number of aliphatic hydroxyl groups excluding tert-OH is 2. The molecule has 0 saturated heterocycles. The summed E-state index contributed by atoms with van der Waals surface area (Å²) in [6.07, 6.45) is -0.720. The molecule has 1 aromatic carbocycles. The third-order valence-electron chi connectivity index (χ3n) is 2.33. The zero-order valence-corrected chi connectivity index (χ0v) is 10.5. The van der Waals surface area contributed by atoms with Crippen LogP contribution >= 0.6 is 15.9 Å². The summed E-state index contributed by atoms with van der Waals surface area (Å²) < 4.78 is 1.04. The van der Waals surface area contributed by atoms with Gasteiger partial charge in [-0.1, -0.05) is 22.0 Å². The van der Waals surface area contributed by atoms with E-state index in [1.165, 1.54) is 0 Å². The number of hydrogen-bond donors (Lipinski definition) is 3. The second-order valence-corrected chi connectivity index (χ2v) is 4.44. The number of benzene rings is 1. The molecule has 0 radical (unpaired) electrons. The summed E-state index contributed by atoms with van der Waals surface area (Å²) in [5, 5.41) is 21.1. The van der Waals surface area contributed by atoms with Crippen LogP contribution in [0.25, 0.3) is 0 Å². The first-order valence-corrected chi connectivity index (χ1v) is 5.64. The third-order valence-corrected chi connectivity index (χ3v) is 3.19. The normalized spacial score (nSPS) is 12.6. The summed E-state index contributed by atoms with van der Waals surface area (Å²) in [4.78, 5) is 0. The standard InChI is InChI=1S/C11H16BrNO2/c1-7-3-4-10(12)8(2)11(7)13-5-9(15)6-14/h3-4,9,13-15H,5-6H2,1-2H3. The summed E-state index contributed by atoms with van der Waals surface area (Å²) in [5.74, 6) is 0. The van der Waals surface area contributed by atoms with Crippen LogP contribution in [0.4, 0.5) is 5.69 Å². The highest BCUT2D eigenvalue weighted by atomic mass is 79.9. The Morgan fingerprint density at radius 3 is 2.67 bits per heavy atom. The van der Waals surface area contributed by atoms with E-state index < -0.39 is 6.10 Å². The Morgan fingerprint density at radius 2 is 2.07 bits per heavy atom. The molecule has 1 aromatic rings. The second-order valence-electron chi connectivity index (χ2n) is 3.58. The Balaban J connectivity index is 2.80. The van der Waals surface area contributed by atoms with Crippen LogP contribution in [0.15, 0.2) is 16.6 Å². The van der Waals surface area contributed by atoms with Gasteiger partial charge < -0.3 is 15.5 Å². The summed E-state index contributed by atoms with van der Waals surface area (Å²) in [6.45, 7) is 4.14. The minimum atomic E-state index is -0.720. The highest BCUT2D eigenvalue weighted by Gasteiger charge is 2.07. The van der Waals surface area contributed by atoms with Gasteiger partial charge >= 0.3 is 0 Å². The molecule has 0 saturated carbocycles. The van der Waals surface area contributed by atoms with Crippen molar-refractivity contribution in [3.05, 3.63) is 27.7 Å². The van der Waals surface area contributed by atoms with Crippen molar-refractivity contribution in [2.75, 3.05) is 18.5 Å². The molecule has 1 unspecified atom stereocenters. The fraction of sp³-hybridized carbons (Fsp3) is 0.455. The van der Waals surface area contributed by atoms with E-state index in [9.17, 15) is 5.11 Å². The Morgan fingerprint density at radius 1 is 1.40 bits per heavy atom. The number of halogens is 1. The van der Waals surface area contributed by atoms with Crippen LogP contribution in [-0.4, -0.2) is 29.5 Å². The molecule has 0 fully saturated rings. The molecule has 15 heavy (non-hydrogen) atoms. The van der Waals surface area contributed by atoms with E-state index in [4.69, 9.17) is 5.11 Å². The number of anilines is 1. The van der Waals surface area contributed by atoms with Gasteiger partial charge in [0.1, 0.15) is 0 Å².